The Hall–Kier alpha value is -2.18. The summed E-state index contributed by atoms with van der Waals surface area (Å²) < 4.78 is 26.4. The first-order valence-corrected chi connectivity index (χ1v) is 9.93. The van der Waals surface area contributed by atoms with Crippen LogP contribution in [0, 0.1) is 6.92 Å². The summed E-state index contributed by atoms with van der Waals surface area (Å²) in [5.41, 5.74) is 3.16. The molecule has 0 bridgehead atoms. The third-order valence-electron chi connectivity index (χ3n) is 3.76. The van der Waals surface area contributed by atoms with Gasteiger partial charge in [0.25, 0.3) is 0 Å². The van der Waals surface area contributed by atoms with Crippen LogP contribution in [0.5, 0.6) is 0 Å². The fraction of sp³-hybridized carbons (Fsp3) is 0.316. The topological polar surface area (TPSA) is 75.3 Å². The number of hydrogen-bond donors (Lipinski definition) is 2. The first kappa shape index (κ1) is 19.1. The Balaban J connectivity index is 1.67. The van der Waals surface area contributed by atoms with E-state index in [-0.39, 0.29) is 24.7 Å². The molecule has 1 amide bonds. The van der Waals surface area contributed by atoms with E-state index in [9.17, 15) is 13.2 Å². The number of rotatable bonds is 9. The number of aryl methyl sites for hydroxylation is 2. The highest BCUT2D eigenvalue weighted by molar-refractivity contribution is 7.89. The van der Waals surface area contributed by atoms with Crippen LogP contribution in [-0.2, 0) is 27.8 Å². The molecule has 5 nitrogen and oxygen atoms in total. The minimum Gasteiger partial charge on any atom is -0.355 e. The zero-order valence-corrected chi connectivity index (χ0v) is 15.2. The molecule has 134 valence electrons. The average Bonchev–Trinajstić information content (AvgIpc) is 2.59. The highest BCUT2D eigenvalue weighted by atomic mass is 32.2. The van der Waals surface area contributed by atoms with Crippen LogP contribution >= 0.6 is 0 Å². The van der Waals surface area contributed by atoms with E-state index in [1.807, 2.05) is 61.5 Å². The van der Waals surface area contributed by atoms with Gasteiger partial charge in [-0.15, -0.1) is 0 Å². The molecule has 0 atom stereocenters. The van der Waals surface area contributed by atoms with Crippen molar-refractivity contribution in [3.63, 3.8) is 0 Å². The Kier molecular flexibility index (Phi) is 7.16. The van der Waals surface area contributed by atoms with Crippen molar-refractivity contribution >= 4 is 15.9 Å². The fourth-order valence-corrected chi connectivity index (χ4v) is 3.30. The summed E-state index contributed by atoms with van der Waals surface area (Å²) in [6, 6.07) is 17.3. The first-order valence-electron chi connectivity index (χ1n) is 8.28. The zero-order valence-electron chi connectivity index (χ0n) is 14.4. The Bertz CT molecular complexity index is 789. The smallest absolute Gasteiger partial charge is 0.220 e. The standard InChI is InChI=1S/C19H24N2O3S/c1-16-6-5-9-17(14-16)10-11-19(22)20-12-13-25(23,24)21-15-18-7-3-2-4-8-18/h2-9,14,21H,10-13,15H2,1H3,(H,20,22). The molecule has 2 rings (SSSR count). The van der Waals surface area contributed by atoms with Gasteiger partial charge in [-0.1, -0.05) is 60.2 Å². The van der Waals surface area contributed by atoms with Crippen LogP contribution in [0.2, 0.25) is 0 Å². The van der Waals surface area contributed by atoms with Gasteiger partial charge in [-0.3, -0.25) is 4.79 Å². The molecule has 0 aliphatic carbocycles. The third kappa shape index (κ3) is 7.49. The van der Waals surface area contributed by atoms with E-state index in [4.69, 9.17) is 0 Å². The Morgan fingerprint density at radius 1 is 1.00 bits per heavy atom. The molecule has 0 radical (unpaired) electrons. The lowest BCUT2D eigenvalue weighted by Gasteiger charge is -2.08. The molecule has 6 heteroatoms. The van der Waals surface area contributed by atoms with E-state index in [0.717, 1.165) is 16.7 Å². The van der Waals surface area contributed by atoms with E-state index in [1.54, 1.807) is 0 Å². The van der Waals surface area contributed by atoms with Gasteiger partial charge in [-0.2, -0.15) is 0 Å². The highest BCUT2D eigenvalue weighted by Crippen LogP contribution is 2.06. The van der Waals surface area contributed by atoms with Gasteiger partial charge in [0.1, 0.15) is 0 Å². The molecule has 0 saturated carbocycles. The summed E-state index contributed by atoms with van der Waals surface area (Å²) in [6.07, 6.45) is 0.994. The van der Waals surface area contributed by atoms with Crippen molar-refractivity contribution in [3.8, 4) is 0 Å². The van der Waals surface area contributed by atoms with Crippen LogP contribution in [-0.4, -0.2) is 26.6 Å². The first-order chi connectivity index (χ1) is 11.9. The van der Waals surface area contributed by atoms with Gasteiger partial charge in [-0.25, -0.2) is 13.1 Å². The molecule has 2 aromatic rings. The molecule has 0 spiro atoms. The maximum Gasteiger partial charge on any atom is 0.220 e. The SMILES string of the molecule is Cc1cccc(CCC(=O)NCCS(=O)(=O)NCc2ccccc2)c1. The largest absolute Gasteiger partial charge is 0.355 e. The molecule has 0 aromatic heterocycles. The van der Waals surface area contributed by atoms with E-state index in [2.05, 4.69) is 10.0 Å². The summed E-state index contributed by atoms with van der Waals surface area (Å²) in [5, 5.41) is 2.66. The fourth-order valence-electron chi connectivity index (χ4n) is 2.40. The maximum atomic E-state index is 11.9. The molecule has 0 heterocycles. The van der Waals surface area contributed by atoms with Gasteiger partial charge in [0.2, 0.25) is 15.9 Å². The molecule has 0 aliphatic heterocycles. The van der Waals surface area contributed by atoms with Crippen LogP contribution in [0.4, 0.5) is 0 Å². The summed E-state index contributed by atoms with van der Waals surface area (Å²) in [7, 11) is -3.41. The second-order valence-electron chi connectivity index (χ2n) is 5.96. The quantitative estimate of drug-likeness (QED) is 0.720. The summed E-state index contributed by atoms with van der Waals surface area (Å²) in [6.45, 7) is 2.37. The Morgan fingerprint density at radius 2 is 1.72 bits per heavy atom. The number of carbonyl (C=O) groups is 1. The number of nitrogens with one attached hydrogen (secondary N) is 2. The van der Waals surface area contributed by atoms with Gasteiger partial charge in [0, 0.05) is 19.5 Å². The summed E-state index contributed by atoms with van der Waals surface area (Å²) >= 11 is 0. The van der Waals surface area contributed by atoms with Crippen LogP contribution in [0.15, 0.2) is 54.6 Å². The number of hydrogen-bond acceptors (Lipinski definition) is 3. The van der Waals surface area contributed by atoms with Crippen molar-refractivity contribution in [2.24, 2.45) is 0 Å². The minimum atomic E-state index is -3.41. The van der Waals surface area contributed by atoms with Crippen molar-refractivity contribution in [2.75, 3.05) is 12.3 Å². The number of sulfonamides is 1. The lowest BCUT2D eigenvalue weighted by atomic mass is 10.1. The van der Waals surface area contributed by atoms with Crippen molar-refractivity contribution in [3.05, 3.63) is 71.3 Å². The zero-order chi connectivity index (χ0) is 18.1. The third-order valence-corrected chi connectivity index (χ3v) is 5.08. The van der Waals surface area contributed by atoms with Gasteiger partial charge in [0.15, 0.2) is 0 Å². The molecule has 0 unspecified atom stereocenters. The predicted octanol–water partition coefficient (Wildman–Crippen LogP) is 2.16. The second-order valence-corrected chi connectivity index (χ2v) is 7.89. The van der Waals surface area contributed by atoms with Crippen molar-refractivity contribution < 1.29 is 13.2 Å². The molecule has 2 N–H and O–H groups in total. The van der Waals surface area contributed by atoms with Crippen LogP contribution in [0.3, 0.4) is 0 Å². The maximum absolute atomic E-state index is 11.9. The van der Waals surface area contributed by atoms with Gasteiger partial charge in [0.05, 0.1) is 5.75 Å². The lowest BCUT2D eigenvalue weighted by Crippen LogP contribution is -2.34. The molecule has 0 saturated heterocycles. The van der Waals surface area contributed by atoms with Crippen LogP contribution in [0.1, 0.15) is 23.1 Å². The predicted molar refractivity (Wildman–Crippen MR) is 99.6 cm³/mol. The second kappa shape index (κ2) is 9.34. The van der Waals surface area contributed by atoms with E-state index in [0.29, 0.717) is 12.8 Å². The monoisotopic (exact) mass is 360 g/mol. The summed E-state index contributed by atoms with van der Waals surface area (Å²) in [5.74, 6) is -0.268. The highest BCUT2D eigenvalue weighted by Gasteiger charge is 2.11. The number of carbonyl (C=O) groups excluding carboxylic acids is 1. The van der Waals surface area contributed by atoms with Crippen molar-refractivity contribution in [2.45, 2.75) is 26.3 Å². The Labute approximate surface area is 149 Å². The van der Waals surface area contributed by atoms with Gasteiger partial charge in [-0.05, 0) is 24.5 Å². The minimum absolute atomic E-state index is 0.108. The molecule has 2 aromatic carbocycles. The van der Waals surface area contributed by atoms with E-state index in [1.165, 1.54) is 0 Å². The molecule has 0 aliphatic rings. The van der Waals surface area contributed by atoms with E-state index >= 15 is 0 Å². The van der Waals surface area contributed by atoms with Gasteiger partial charge >= 0.3 is 0 Å². The van der Waals surface area contributed by atoms with Crippen molar-refractivity contribution in [1.29, 1.82) is 0 Å². The van der Waals surface area contributed by atoms with Crippen LogP contribution < -0.4 is 10.0 Å². The molecule has 25 heavy (non-hydrogen) atoms. The van der Waals surface area contributed by atoms with Crippen LogP contribution in [0.25, 0.3) is 0 Å². The Morgan fingerprint density at radius 3 is 2.44 bits per heavy atom. The number of benzene rings is 2. The average molecular weight is 360 g/mol. The van der Waals surface area contributed by atoms with Crippen molar-refractivity contribution in [1.82, 2.24) is 10.0 Å². The van der Waals surface area contributed by atoms with E-state index < -0.39 is 10.0 Å². The van der Waals surface area contributed by atoms with Gasteiger partial charge < -0.3 is 5.32 Å². The normalized spacial score (nSPS) is 11.2. The number of amides is 1. The molecular weight excluding hydrogens is 336 g/mol. The molecular formula is C19H24N2O3S. The molecule has 0 fully saturated rings. The lowest BCUT2D eigenvalue weighted by molar-refractivity contribution is -0.120. The summed E-state index contributed by atoms with van der Waals surface area (Å²) in [4.78, 5) is 11.8.